The smallest absolute Gasteiger partial charge is 0.401 e. The number of H-pyrrole nitrogens is 1. The van der Waals surface area contributed by atoms with Crippen molar-refractivity contribution in [3.63, 3.8) is 0 Å². The van der Waals surface area contributed by atoms with Gasteiger partial charge in [0.15, 0.2) is 5.69 Å². The largest absolute Gasteiger partial charge is 0.505 e. The van der Waals surface area contributed by atoms with Crippen molar-refractivity contribution in [1.29, 1.82) is 0 Å². The fourth-order valence-electron chi connectivity index (χ4n) is 4.68. The first-order valence-corrected chi connectivity index (χ1v) is 12.0. The monoisotopic (exact) mass is 501 g/mol. The van der Waals surface area contributed by atoms with E-state index in [0.29, 0.717) is 29.8 Å². The van der Waals surface area contributed by atoms with Gasteiger partial charge in [-0.1, -0.05) is 24.6 Å². The Morgan fingerprint density at radius 2 is 1.89 bits per heavy atom. The molecule has 1 aromatic heterocycles. The van der Waals surface area contributed by atoms with Gasteiger partial charge in [-0.05, 0) is 80.8 Å². The number of para-hydroxylation sites is 1. The maximum Gasteiger partial charge on any atom is 0.401 e. The Bertz CT molecular complexity index is 1330. The van der Waals surface area contributed by atoms with Crippen LogP contribution in [0.5, 0.6) is 5.75 Å². The third-order valence-corrected chi connectivity index (χ3v) is 6.80. The van der Waals surface area contributed by atoms with Gasteiger partial charge in [-0.25, -0.2) is 4.68 Å². The minimum Gasteiger partial charge on any atom is -0.505 e. The van der Waals surface area contributed by atoms with Crippen LogP contribution in [0.1, 0.15) is 54.0 Å². The summed E-state index contributed by atoms with van der Waals surface area (Å²) in [6.45, 7) is 4.66. The van der Waals surface area contributed by atoms with Crippen LogP contribution in [0, 0.1) is 20.8 Å². The molecule has 192 valence electrons. The van der Waals surface area contributed by atoms with Crippen LogP contribution in [-0.4, -0.2) is 33.6 Å². The second-order valence-electron chi connectivity index (χ2n) is 9.47. The molecule has 0 bridgehead atoms. The average Bonchev–Trinajstić information content (AvgIpc) is 3.12. The number of phenols is 1. The Balaban J connectivity index is 1.55. The topological polar surface area (TPSA) is 94.8 Å². The molecule has 1 aliphatic carbocycles. The van der Waals surface area contributed by atoms with Crippen LogP contribution in [0.4, 0.5) is 24.5 Å². The fraction of sp³-hybridized carbons (Fsp3) is 0.423. The summed E-state index contributed by atoms with van der Waals surface area (Å²) in [6.07, 6.45) is -1.60. The van der Waals surface area contributed by atoms with Crippen molar-refractivity contribution in [3.05, 3.63) is 69.1 Å². The van der Waals surface area contributed by atoms with E-state index in [1.807, 2.05) is 32.0 Å². The summed E-state index contributed by atoms with van der Waals surface area (Å²) in [5.41, 5.74) is 3.99. The first-order chi connectivity index (χ1) is 17.0. The van der Waals surface area contributed by atoms with E-state index in [2.05, 4.69) is 20.6 Å². The molecule has 1 saturated carbocycles. The summed E-state index contributed by atoms with van der Waals surface area (Å²) in [6, 6.07) is 10.5. The molecule has 3 aromatic rings. The van der Waals surface area contributed by atoms with Gasteiger partial charge in [-0.3, -0.25) is 9.89 Å². The molecule has 36 heavy (non-hydrogen) atoms. The Hall–Kier alpha value is -3.40. The van der Waals surface area contributed by atoms with E-state index >= 15 is 0 Å². The zero-order valence-corrected chi connectivity index (χ0v) is 20.5. The van der Waals surface area contributed by atoms with Gasteiger partial charge in [-0.2, -0.15) is 13.2 Å². The highest BCUT2D eigenvalue weighted by Gasteiger charge is 2.31. The second kappa shape index (κ2) is 10.3. The number of aromatic hydroxyl groups is 1. The maximum absolute atomic E-state index is 13.0. The number of halogens is 3. The molecule has 3 N–H and O–H groups in total. The van der Waals surface area contributed by atoms with Crippen LogP contribution in [0.25, 0.3) is 5.69 Å². The predicted octanol–water partition coefficient (Wildman–Crippen LogP) is 6.39. The molecule has 10 heteroatoms. The average molecular weight is 502 g/mol. The van der Waals surface area contributed by atoms with Gasteiger partial charge in [0.1, 0.15) is 11.4 Å². The van der Waals surface area contributed by atoms with Crippen LogP contribution < -0.4 is 10.9 Å². The Morgan fingerprint density at radius 1 is 1.11 bits per heavy atom. The molecule has 4 rings (SSSR count). The molecule has 0 amide bonds. The van der Waals surface area contributed by atoms with E-state index in [1.54, 1.807) is 25.1 Å². The van der Waals surface area contributed by atoms with Crippen LogP contribution in [-0.2, 0) is 0 Å². The lowest BCUT2D eigenvalue weighted by Crippen LogP contribution is -2.39. The highest BCUT2D eigenvalue weighted by Crippen LogP contribution is 2.41. The minimum absolute atomic E-state index is 0.0644. The van der Waals surface area contributed by atoms with Crippen molar-refractivity contribution in [1.82, 2.24) is 15.1 Å². The highest BCUT2D eigenvalue weighted by molar-refractivity contribution is 5.56. The standard InChI is InChI=1S/C26H30F3N5O2/c1-15-10-11-20(12-16(15)2)34-25(36)23(17(3)33-34)32-31-22-9-5-8-21(24(22)35)18-6-4-7-19(13-18)30-14-26(27,28)29/h5,8-12,18-19,30,33,35H,4,6-7,13-14H2,1-3H3. The molecule has 1 aliphatic rings. The zero-order valence-electron chi connectivity index (χ0n) is 20.5. The van der Waals surface area contributed by atoms with Gasteiger partial charge in [0.2, 0.25) is 0 Å². The van der Waals surface area contributed by atoms with Crippen LogP contribution in [0.2, 0.25) is 0 Å². The number of aromatic amines is 1. The van der Waals surface area contributed by atoms with Crippen molar-refractivity contribution in [2.75, 3.05) is 6.54 Å². The first-order valence-electron chi connectivity index (χ1n) is 12.0. The Kier molecular flexibility index (Phi) is 7.35. The van der Waals surface area contributed by atoms with E-state index in [4.69, 9.17) is 0 Å². The summed E-state index contributed by atoms with van der Waals surface area (Å²) < 4.78 is 39.2. The molecule has 0 radical (unpaired) electrons. The lowest BCUT2D eigenvalue weighted by atomic mass is 9.81. The van der Waals surface area contributed by atoms with E-state index in [0.717, 1.165) is 24.0 Å². The van der Waals surface area contributed by atoms with Gasteiger partial charge in [-0.15, -0.1) is 10.2 Å². The fourth-order valence-corrected chi connectivity index (χ4v) is 4.68. The third kappa shape index (κ3) is 5.70. The number of alkyl halides is 3. The number of benzene rings is 2. The number of hydrogen-bond acceptors (Lipinski definition) is 5. The second-order valence-corrected chi connectivity index (χ2v) is 9.47. The zero-order chi connectivity index (χ0) is 26.0. The lowest BCUT2D eigenvalue weighted by Gasteiger charge is -2.31. The Morgan fingerprint density at radius 3 is 2.61 bits per heavy atom. The van der Waals surface area contributed by atoms with Crippen molar-refractivity contribution in [3.8, 4) is 11.4 Å². The van der Waals surface area contributed by atoms with Crippen molar-refractivity contribution in [2.45, 2.75) is 64.6 Å². The van der Waals surface area contributed by atoms with Gasteiger partial charge < -0.3 is 10.4 Å². The van der Waals surface area contributed by atoms with Crippen LogP contribution >= 0.6 is 0 Å². The number of aryl methyl sites for hydroxylation is 3. The quantitative estimate of drug-likeness (QED) is 0.342. The molecule has 0 spiro atoms. The summed E-state index contributed by atoms with van der Waals surface area (Å²) in [5, 5.41) is 24.8. The summed E-state index contributed by atoms with van der Waals surface area (Å²) in [5.74, 6) is -0.166. The van der Waals surface area contributed by atoms with Crippen molar-refractivity contribution >= 4 is 11.4 Å². The highest BCUT2D eigenvalue weighted by atomic mass is 19.4. The molecular weight excluding hydrogens is 471 g/mol. The van der Waals surface area contributed by atoms with Gasteiger partial charge in [0.25, 0.3) is 5.56 Å². The number of phenolic OH excluding ortho intramolecular Hbond substituents is 1. The number of nitrogens with one attached hydrogen (secondary N) is 2. The summed E-state index contributed by atoms with van der Waals surface area (Å²) >= 11 is 0. The minimum atomic E-state index is -4.26. The van der Waals surface area contributed by atoms with Gasteiger partial charge in [0, 0.05) is 6.04 Å². The third-order valence-electron chi connectivity index (χ3n) is 6.80. The van der Waals surface area contributed by atoms with E-state index in [-0.39, 0.29) is 34.6 Å². The molecule has 2 aromatic carbocycles. The van der Waals surface area contributed by atoms with E-state index < -0.39 is 12.7 Å². The molecule has 1 fully saturated rings. The number of azo groups is 1. The van der Waals surface area contributed by atoms with Gasteiger partial charge >= 0.3 is 6.18 Å². The van der Waals surface area contributed by atoms with Crippen LogP contribution in [0.15, 0.2) is 51.4 Å². The molecule has 1 heterocycles. The van der Waals surface area contributed by atoms with Crippen molar-refractivity contribution < 1.29 is 18.3 Å². The SMILES string of the molecule is Cc1ccc(-n2[nH]c(C)c(N=Nc3cccc(C4CCCC(NCC(F)(F)F)C4)c3O)c2=O)cc1C. The summed E-state index contributed by atoms with van der Waals surface area (Å²) in [7, 11) is 0. The molecule has 2 atom stereocenters. The van der Waals surface area contributed by atoms with E-state index in [9.17, 15) is 23.1 Å². The number of rotatable bonds is 6. The molecular formula is C26H30F3N5O2. The maximum atomic E-state index is 13.0. The predicted molar refractivity (Wildman–Crippen MR) is 132 cm³/mol. The number of hydrogen-bond donors (Lipinski definition) is 3. The number of aromatic nitrogens is 2. The summed E-state index contributed by atoms with van der Waals surface area (Å²) in [4.78, 5) is 13.0. The van der Waals surface area contributed by atoms with E-state index in [1.165, 1.54) is 4.68 Å². The van der Waals surface area contributed by atoms with Gasteiger partial charge in [0.05, 0.1) is 17.9 Å². The molecule has 2 unspecified atom stereocenters. The number of nitrogens with zero attached hydrogens (tertiary/aromatic N) is 3. The molecule has 7 nitrogen and oxygen atoms in total. The van der Waals surface area contributed by atoms with Crippen LogP contribution in [0.3, 0.4) is 0 Å². The Labute approximate surface area is 207 Å². The van der Waals surface area contributed by atoms with Crippen molar-refractivity contribution in [2.24, 2.45) is 10.2 Å². The normalized spacial score (nSPS) is 18.7. The molecule has 0 saturated heterocycles. The molecule has 0 aliphatic heterocycles. The first kappa shape index (κ1) is 25.7. The lowest BCUT2D eigenvalue weighted by molar-refractivity contribution is -0.126.